The molecule has 11 heteroatoms. The largest absolute Gasteiger partial charge is 0.493 e. The summed E-state index contributed by atoms with van der Waals surface area (Å²) in [5, 5.41) is 18.0. The predicted octanol–water partition coefficient (Wildman–Crippen LogP) is 0.944. The van der Waals surface area contributed by atoms with Gasteiger partial charge in [-0.2, -0.15) is 0 Å². The second-order valence-corrected chi connectivity index (χ2v) is 5.61. The second kappa shape index (κ2) is 9.55. The highest BCUT2D eigenvalue weighted by Crippen LogP contribution is 2.39. The normalized spacial score (nSPS) is 10.4. The molecular formula is C17H23N5O6. The third kappa shape index (κ3) is 4.68. The predicted molar refractivity (Wildman–Crippen MR) is 100 cm³/mol. The molecule has 0 saturated heterocycles. The number of rotatable bonds is 10. The van der Waals surface area contributed by atoms with Gasteiger partial charge in [0.1, 0.15) is 6.54 Å². The first-order chi connectivity index (χ1) is 13.4. The van der Waals surface area contributed by atoms with E-state index in [1.54, 1.807) is 12.1 Å². The van der Waals surface area contributed by atoms with Gasteiger partial charge in [-0.05, 0) is 24.0 Å². The highest BCUT2D eigenvalue weighted by Gasteiger charge is 2.24. The molecule has 152 valence electrons. The number of nitrogens with zero attached hydrogens (tertiary/aromatic N) is 3. The Kier molecular flexibility index (Phi) is 7.15. The van der Waals surface area contributed by atoms with Gasteiger partial charge in [-0.15, -0.1) is 4.68 Å². The maximum absolute atomic E-state index is 12.0. The molecule has 0 fully saturated rings. The van der Waals surface area contributed by atoms with E-state index < -0.39 is 10.8 Å². The number of nitro groups is 1. The first kappa shape index (κ1) is 21.0. The molecule has 2 rings (SSSR count). The molecule has 1 aromatic heterocycles. The molecule has 11 nitrogen and oxygen atoms in total. The SMILES string of the molecule is CCOc1c(OC)cc(Cn2nc(C(=O)NCCN)cc2[N+](=O)[O-])cc1OC. The molecule has 0 aliphatic rings. The van der Waals surface area contributed by atoms with Crippen LogP contribution in [-0.4, -0.2) is 54.5 Å². The van der Waals surface area contributed by atoms with E-state index >= 15 is 0 Å². The van der Waals surface area contributed by atoms with Crippen molar-refractivity contribution in [3.8, 4) is 17.2 Å². The number of methoxy groups -OCH3 is 2. The molecule has 0 saturated carbocycles. The second-order valence-electron chi connectivity index (χ2n) is 5.61. The summed E-state index contributed by atoms with van der Waals surface area (Å²) in [5.74, 6) is 0.436. The van der Waals surface area contributed by atoms with Crippen LogP contribution >= 0.6 is 0 Å². The van der Waals surface area contributed by atoms with Gasteiger partial charge < -0.3 is 35.4 Å². The number of nitrogens with one attached hydrogen (secondary N) is 1. The standard InChI is InChI=1S/C17H23N5O6/c1-4-28-16-13(26-2)7-11(8-14(16)27-3)10-21-15(22(24)25)9-12(20-21)17(23)19-6-5-18/h7-9H,4-6,10,18H2,1-3H3,(H,19,23). The molecule has 0 unspecified atom stereocenters. The van der Waals surface area contributed by atoms with Crippen LogP contribution in [0.25, 0.3) is 0 Å². The number of ether oxygens (including phenoxy) is 3. The number of hydrogen-bond acceptors (Lipinski definition) is 8. The molecule has 1 aromatic carbocycles. The highest BCUT2D eigenvalue weighted by molar-refractivity contribution is 5.92. The van der Waals surface area contributed by atoms with Crippen molar-refractivity contribution >= 4 is 11.7 Å². The molecule has 0 atom stereocenters. The summed E-state index contributed by atoms with van der Waals surface area (Å²) in [7, 11) is 2.97. The smallest absolute Gasteiger partial charge is 0.346 e. The minimum Gasteiger partial charge on any atom is -0.493 e. The molecule has 0 aliphatic carbocycles. The van der Waals surface area contributed by atoms with Gasteiger partial charge in [0, 0.05) is 18.7 Å². The van der Waals surface area contributed by atoms with Crippen molar-refractivity contribution in [1.29, 1.82) is 0 Å². The molecule has 1 amide bonds. The topological polar surface area (TPSA) is 144 Å². The molecule has 2 aromatic rings. The number of carbonyl (C=O) groups excluding carboxylic acids is 1. The number of carbonyl (C=O) groups is 1. The lowest BCUT2D eigenvalue weighted by Gasteiger charge is -2.14. The molecule has 1 heterocycles. The summed E-state index contributed by atoms with van der Waals surface area (Å²) in [6.07, 6.45) is 0. The Balaban J connectivity index is 2.40. The van der Waals surface area contributed by atoms with E-state index in [-0.39, 0.29) is 31.1 Å². The fraction of sp³-hybridized carbons (Fsp3) is 0.412. The van der Waals surface area contributed by atoms with Crippen molar-refractivity contribution in [1.82, 2.24) is 15.1 Å². The van der Waals surface area contributed by atoms with Gasteiger partial charge in [-0.1, -0.05) is 5.10 Å². The van der Waals surface area contributed by atoms with Gasteiger partial charge >= 0.3 is 5.82 Å². The monoisotopic (exact) mass is 393 g/mol. The number of nitrogens with two attached hydrogens (primary N) is 1. The molecule has 28 heavy (non-hydrogen) atoms. The van der Waals surface area contributed by atoms with E-state index in [1.807, 2.05) is 6.92 Å². The summed E-state index contributed by atoms with van der Waals surface area (Å²) in [4.78, 5) is 22.8. The molecular weight excluding hydrogens is 370 g/mol. The van der Waals surface area contributed by atoms with Crippen molar-refractivity contribution in [3.63, 3.8) is 0 Å². The lowest BCUT2D eigenvalue weighted by molar-refractivity contribution is -0.392. The summed E-state index contributed by atoms with van der Waals surface area (Å²) >= 11 is 0. The van der Waals surface area contributed by atoms with Gasteiger partial charge in [-0.25, -0.2) is 0 Å². The van der Waals surface area contributed by atoms with Crippen LogP contribution in [-0.2, 0) is 6.54 Å². The van der Waals surface area contributed by atoms with E-state index in [0.717, 1.165) is 10.7 Å². The van der Waals surface area contributed by atoms with Crippen LogP contribution in [0.15, 0.2) is 18.2 Å². The lowest BCUT2D eigenvalue weighted by Crippen LogP contribution is -2.29. The van der Waals surface area contributed by atoms with E-state index in [9.17, 15) is 14.9 Å². The molecule has 0 aliphatic heterocycles. The zero-order valence-electron chi connectivity index (χ0n) is 15.9. The van der Waals surface area contributed by atoms with E-state index in [1.165, 1.54) is 14.2 Å². The Morgan fingerprint density at radius 3 is 2.43 bits per heavy atom. The van der Waals surface area contributed by atoms with E-state index in [4.69, 9.17) is 19.9 Å². The van der Waals surface area contributed by atoms with E-state index in [2.05, 4.69) is 10.4 Å². The zero-order valence-corrected chi connectivity index (χ0v) is 15.9. The Hall–Kier alpha value is -3.34. The van der Waals surface area contributed by atoms with Crippen LogP contribution in [0, 0.1) is 10.1 Å². The molecule has 0 radical (unpaired) electrons. The minimum atomic E-state index is -0.601. The maximum Gasteiger partial charge on any atom is 0.346 e. The van der Waals surface area contributed by atoms with Crippen molar-refractivity contribution in [2.45, 2.75) is 13.5 Å². The van der Waals surface area contributed by atoms with Crippen LogP contribution < -0.4 is 25.3 Å². The van der Waals surface area contributed by atoms with Crippen molar-refractivity contribution in [2.24, 2.45) is 5.73 Å². The Morgan fingerprint density at radius 1 is 1.29 bits per heavy atom. The molecule has 0 spiro atoms. The third-order valence-corrected chi connectivity index (χ3v) is 3.75. The maximum atomic E-state index is 12.0. The summed E-state index contributed by atoms with van der Waals surface area (Å²) in [6.45, 7) is 2.77. The average molecular weight is 393 g/mol. The van der Waals surface area contributed by atoms with Gasteiger partial charge in [-0.3, -0.25) is 4.79 Å². The Morgan fingerprint density at radius 2 is 1.93 bits per heavy atom. The van der Waals surface area contributed by atoms with Gasteiger partial charge in [0.25, 0.3) is 5.91 Å². The third-order valence-electron chi connectivity index (χ3n) is 3.75. The van der Waals surface area contributed by atoms with Gasteiger partial charge in [0.05, 0.1) is 26.9 Å². The summed E-state index contributed by atoms with van der Waals surface area (Å²) < 4.78 is 17.4. The van der Waals surface area contributed by atoms with Crippen LogP contribution in [0.5, 0.6) is 17.2 Å². The molecule has 3 N–H and O–H groups in total. The molecule has 0 bridgehead atoms. The van der Waals surface area contributed by atoms with Crippen LogP contribution in [0.4, 0.5) is 5.82 Å². The summed E-state index contributed by atoms with van der Waals surface area (Å²) in [5.41, 5.74) is 5.90. The fourth-order valence-electron chi connectivity index (χ4n) is 2.54. The van der Waals surface area contributed by atoms with Crippen LogP contribution in [0.2, 0.25) is 0 Å². The van der Waals surface area contributed by atoms with Crippen LogP contribution in [0.1, 0.15) is 23.0 Å². The first-order valence-electron chi connectivity index (χ1n) is 8.53. The number of amides is 1. The summed E-state index contributed by atoms with van der Waals surface area (Å²) in [6, 6.07) is 4.47. The lowest BCUT2D eigenvalue weighted by atomic mass is 10.2. The average Bonchev–Trinajstić information content (AvgIpc) is 3.11. The minimum absolute atomic E-state index is 0.0274. The van der Waals surface area contributed by atoms with Crippen molar-refractivity contribution in [3.05, 3.63) is 39.6 Å². The Labute approximate surface area is 161 Å². The fourth-order valence-corrected chi connectivity index (χ4v) is 2.54. The van der Waals surface area contributed by atoms with Crippen molar-refractivity contribution in [2.75, 3.05) is 33.9 Å². The number of aromatic nitrogens is 2. The number of hydrogen-bond donors (Lipinski definition) is 2. The zero-order chi connectivity index (χ0) is 20.7. The quantitative estimate of drug-likeness (QED) is 0.448. The highest BCUT2D eigenvalue weighted by atomic mass is 16.6. The van der Waals surface area contributed by atoms with Gasteiger partial charge in [0.2, 0.25) is 5.75 Å². The van der Waals surface area contributed by atoms with Crippen molar-refractivity contribution < 1.29 is 23.9 Å². The van der Waals surface area contributed by atoms with Gasteiger partial charge in [0.15, 0.2) is 17.2 Å². The van der Waals surface area contributed by atoms with Crippen LogP contribution in [0.3, 0.4) is 0 Å². The first-order valence-corrected chi connectivity index (χ1v) is 8.53. The van der Waals surface area contributed by atoms with E-state index in [0.29, 0.717) is 29.4 Å². The Bertz CT molecular complexity index is 826. The number of benzene rings is 1.